The fourth-order valence-corrected chi connectivity index (χ4v) is 4.93. The van der Waals surface area contributed by atoms with Gasteiger partial charge in [-0.2, -0.15) is 0 Å². The third-order valence-electron chi connectivity index (χ3n) is 6.87. The lowest BCUT2D eigenvalue weighted by molar-refractivity contribution is -0.384. The van der Waals surface area contributed by atoms with Crippen LogP contribution in [0, 0.1) is 22.9 Å². The average Bonchev–Trinajstić information content (AvgIpc) is 3.45. The highest BCUT2D eigenvalue weighted by Gasteiger charge is 2.25. The van der Waals surface area contributed by atoms with Crippen molar-refractivity contribution in [1.29, 1.82) is 0 Å². The molecule has 9 nitrogen and oxygen atoms in total. The average molecular weight is 589 g/mol. The van der Waals surface area contributed by atoms with Crippen molar-refractivity contribution in [3.63, 3.8) is 0 Å². The maximum absolute atomic E-state index is 14.1. The summed E-state index contributed by atoms with van der Waals surface area (Å²) < 4.78 is 19.9. The predicted molar refractivity (Wildman–Crippen MR) is 159 cm³/mol. The number of anilines is 2. The molecule has 214 valence electrons. The molecule has 3 aromatic carbocycles. The molecule has 0 unspecified atom stereocenters. The number of carbonyl (C=O) groups is 2. The van der Waals surface area contributed by atoms with E-state index in [1.165, 1.54) is 30.4 Å². The number of rotatable bonds is 7. The first kappa shape index (κ1) is 28.6. The van der Waals surface area contributed by atoms with Gasteiger partial charge < -0.3 is 19.5 Å². The molecule has 2 amide bonds. The molecule has 0 atom stereocenters. The number of furan rings is 1. The number of nitro benzene ring substituents is 1. The van der Waals surface area contributed by atoms with Gasteiger partial charge in [0.25, 0.3) is 11.6 Å². The highest BCUT2D eigenvalue weighted by molar-refractivity contribution is 6.31. The van der Waals surface area contributed by atoms with Crippen molar-refractivity contribution in [2.45, 2.75) is 6.92 Å². The van der Waals surface area contributed by atoms with Crippen LogP contribution in [0.15, 0.2) is 83.3 Å². The molecule has 5 rings (SSSR count). The van der Waals surface area contributed by atoms with Gasteiger partial charge in [0.05, 0.1) is 27.4 Å². The first-order chi connectivity index (χ1) is 20.2. The first-order valence-corrected chi connectivity index (χ1v) is 13.5. The van der Waals surface area contributed by atoms with Crippen molar-refractivity contribution < 1.29 is 23.3 Å². The number of benzene rings is 3. The highest BCUT2D eigenvalue weighted by Crippen LogP contribution is 2.33. The van der Waals surface area contributed by atoms with E-state index in [1.807, 2.05) is 4.90 Å². The molecule has 1 aliphatic heterocycles. The summed E-state index contributed by atoms with van der Waals surface area (Å²) in [4.78, 5) is 40.3. The van der Waals surface area contributed by atoms with Crippen LogP contribution in [0.5, 0.6) is 0 Å². The van der Waals surface area contributed by atoms with Crippen LogP contribution in [0.4, 0.5) is 21.5 Å². The molecule has 42 heavy (non-hydrogen) atoms. The molecule has 0 bridgehead atoms. The fraction of sp³-hybridized carbons (Fsp3) is 0.161. The highest BCUT2D eigenvalue weighted by atomic mass is 35.5. The van der Waals surface area contributed by atoms with Gasteiger partial charge in [-0.3, -0.25) is 19.7 Å². The number of nitrogens with zero attached hydrogens (tertiary/aromatic N) is 3. The summed E-state index contributed by atoms with van der Waals surface area (Å²) in [6.07, 6.45) is 2.76. The normalized spacial score (nSPS) is 13.4. The molecule has 1 N–H and O–H groups in total. The molecule has 1 aliphatic rings. The minimum Gasteiger partial charge on any atom is -0.456 e. The SMILES string of the molecule is Cc1ccc(-c2ccc(/C=C/C(=O)Nc3cc(Cl)ccc3N3CCN(C(=O)c4ccccc4F)CC3)o2)c([N+](=O)[O-])c1. The van der Waals surface area contributed by atoms with E-state index in [2.05, 4.69) is 5.32 Å². The Bertz CT molecular complexity index is 1690. The Morgan fingerprint density at radius 3 is 2.52 bits per heavy atom. The Balaban J connectivity index is 1.25. The summed E-state index contributed by atoms with van der Waals surface area (Å²) in [5.74, 6) is -0.696. The number of aryl methyl sites for hydroxylation is 1. The Kier molecular flexibility index (Phi) is 8.35. The molecule has 1 aromatic heterocycles. The number of nitrogens with one attached hydrogen (secondary N) is 1. The number of halogens is 2. The van der Waals surface area contributed by atoms with Crippen LogP contribution >= 0.6 is 11.6 Å². The van der Waals surface area contributed by atoms with E-state index in [-0.39, 0.29) is 17.2 Å². The zero-order valence-corrected chi connectivity index (χ0v) is 23.3. The van der Waals surface area contributed by atoms with E-state index in [4.69, 9.17) is 16.0 Å². The number of amides is 2. The Morgan fingerprint density at radius 2 is 1.79 bits per heavy atom. The summed E-state index contributed by atoms with van der Waals surface area (Å²) in [6.45, 7) is 3.47. The van der Waals surface area contributed by atoms with Crippen LogP contribution < -0.4 is 10.2 Å². The monoisotopic (exact) mass is 588 g/mol. The van der Waals surface area contributed by atoms with E-state index in [0.29, 0.717) is 54.0 Å². The van der Waals surface area contributed by atoms with E-state index >= 15 is 0 Å². The zero-order valence-electron chi connectivity index (χ0n) is 22.6. The molecule has 11 heteroatoms. The molecule has 4 aromatic rings. The molecule has 0 spiro atoms. The minimum atomic E-state index is -0.553. The van der Waals surface area contributed by atoms with E-state index < -0.39 is 16.6 Å². The number of hydrogen-bond donors (Lipinski definition) is 1. The summed E-state index contributed by atoms with van der Waals surface area (Å²) in [5, 5.41) is 14.8. The second kappa shape index (κ2) is 12.3. The second-order valence-electron chi connectivity index (χ2n) is 9.72. The summed E-state index contributed by atoms with van der Waals surface area (Å²) >= 11 is 6.23. The van der Waals surface area contributed by atoms with Gasteiger partial charge in [0, 0.05) is 43.3 Å². The Labute approximate surface area is 246 Å². The van der Waals surface area contributed by atoms with Crippen molar-refractivity contribution in [2.24, 2.45) is 0 Å². The molecule has 0 aliphatic carbocycles. The summed E-state index contributed by atoms with van der Waals surface area (Å²) in [5.41, 5.74) is 2.29. The standard InChI is InChI=1S/C31H26ClFN4O5/c1-20-6-10-24(28(18-20)37(40)41)29-12-8-22(42-29)9-13-30(38)34-26-19-21(32)7-11-27(26)35-14-16-36(17-15-35)31(39)23-4-2-3-5-25(23)33/h2-13,18-19H,14-17H2,1H3,(H,34,38)/b13-9+. The third kappa shape index (κ3) is 6.34. The molecular weight excluding hydrogens is 563 g/mol. The second-order valence-corrected chi connectivity index (χ2v) is 10.2. The molecular formula is C31H26ClFN4O5. The molecule has 1 fully saturated rings. The zero-order chi connectivity index (χ0) is 29.8. The smallest absolute Gasteiger partial charge is 0.280 e. The van der Waals surface area contributed by atoms with Crippen LogP contribution in [0.1, 0.15) is 21.7 Å². The van der Waals surface area contributed by atoms with Crippen LogP contribution in [0.25, 0.3) is 17.4 Å². The van der Waals surface area contributed by atoms with Crippen molar-refractivity contribution in [3.8, 4) is 11.3 Å². The van der Waals surface area contributed by atoms with Crippen LogP contribution in [-0.4, -0.2) is 47.8 Å². The lowest BCUT2D eigenvalue weighted by Gasteiger charge is -2.37. The maximum Gasteiger partial charge on any atom is 0.280 e. The van der Waals surface area contributed by atoms with Crippen LogP contribution in [0.2, 0.25) is 5.02 Å². The summed E-state index contributed by atoms with van der Waals surface area (Å²) in [7, 11) is 0. The van der Waals surface area contributed by atoms with Crippen molar-refractivity contribution in [3.05, 3.63) is 117 Å². The number of hydrogen-bond acceptors (Lipinski definition) is 6. The molecule has 2 heterocycles. The number of nitro groups is 1. The molecule has 1 saturated heterocycles. The Morgan fingerprint density at radius 1 is 1.02 bits per heavy atom. The first-order valence-electron chi connectivity index (χ1n) is 13.1. The van der Waals surface area contributed by atoms with E-state index in [1.54, 1.807) is 66.4 Å². The van der Waals surface area contributed by atoms with Crippen molar-refractivity contribution in [1.82, 2.24) is 4.90 Å². The Hall–Kier alpha value is -4.96. The van der Waals surface area contributed by atoms with E-state index in [0.717, 1.165) is 11.3 Å². The largest absolute Gasteiger partial charge is 0.456 e. The van der Waals surface area contributed by atoms with Crippen LogP contribution in [-0.2, 0) is 4.79 Å². The quantitative estimate of drug-likeness (QED) is 0.149. The lowest BCUT2D eigenvalue weighted by Crippen LogP contribution is -2.49. The fourth-order valence-electron chi connectivity index (χ4n) is 4.76. The van der Waals surface area contributed by atoms with Crippen molar-refractivity contribution in [2.75, 3.05) is 36.4 Å². The van der Waals surface area contributed by atoms with E-state index in [9.17, 15) is 24.1 Å². The van der Waals surface area contributed by atoms with Gasteiger partial charge in [-0.25, -0.2) is 4.39 Å². The number of piperazine rings is 1. The van der Waals surface area contributed by atoms with Gasteiger partial charge in [0.15, 0.2) is 0 Å². The minimum absolute atomic E-state index is 0.0398. The topological polar surface area (TPSA) is 109 Å². The van der Waals surface area contributed by atoms with Gasteiger partial charge in [-0.15, -0.1) is 0 Å². The van der Waals surface area contributed by atoms with Crippen molar-refractivity contribution >= 4 is 46.6 Å². The molecule has 0 radical (unpaired) electrons. The third-order valence-corrected chi connectivity index (χ3v) is 7.10. The molecule has 0 saturated carbocycles. The predicted octanol–water partition coefficient (Wildman–Crippen LogP) is 6.57. The van der Waals surface area contributed by atoms with Gasteiger partial charge in [0.1, 0.15) is 17.3 Å². The van der Waals surface area contributed by atoms with Crippen LogP contribution in [0.3, 0.4) is 0 Å². The van der Waals surface area contributed by atoms with Gasteiger partial charge in [0.2, 0.25) is 5.91 Å². The van der Waals surface area contributed by atoms with Gasteiger partial charge in [-0.05, 0) is 67.1 Å². The van der Waals surface area contributed by atoms with Gasteiger partial charge >= 0.3 is 0 Å². The maximum atomic E-state index is 14.1. The summed E-state index contributed by atoms with van der Waals surface area (Å²) in [6, 6.07) is 19.2. The number of carbonyl (C=O) groups excluding carboxylic acids is 2. The lowest BCUT2D eigenvalue weighted by atomic mass is 10.1. The van der Waals surface area contributed by atoms with Gasteiger partial charge in [-0.1, -0.05) is 29.8 Å².